The molecular weight excluding hydrogens is 473 g/mol. The van der Waals surface area contributed by atoms with Crippen molar-refractivity contribution in [2.75, 3.05) is 12.4 Å². The van der Waals surface area contributed by atoms with Crippen LogP contribution in [0.15, 0.2) is 36.5 Å². The number of ether oxygens (including phenoxy) is 1. The normalized spacial score (nSPS) is 10.2. The lowest BCUT2D eigenvalue weighted by molar-refractivity contribution is 0.0921. The maximum absolute atomic E-state index is 13.2. The molecule has 0 unspecified atom stereocenters. The number of hydrogen-bond donors (Lipinski definition) is 3. The van der Waals surface area contributed by atoms with Crippen molar-refractivity contribution in [1.29, 1.82) is 5.26 Å². The Morgan fingerprint density at radius 3 is 2.58 bits per heavy atom. The third kappa shape index (κ3) is 5.20. The third-order valence-corrected chi connectivity index (χ3v) is 4.76. The van der Waals surface area contributed by atoms with E-state index in [2.05, 4.69) is 25.6 Å². The molecule has 0 atom stereocenters. The van der Waals surface area contributed by atoms with Crippen molar-refractivity contribution < 1.29 is 19.1 Å². The van der Waals surface area contributed by atoms with E-state index < -0.39 is 17.9 Å². The van der Waals surface area contributed by atoms with E-state index in [1.54, 1.807) is 19.1 Å². The molecule has 1 aromatic carbocycles. The van der Waals surface area contributed by atoms with Gasteiger partial charge in [0.25, 0.3) is 11.8 Å². The summed E-state index contributed by atoms with van der Waals surface area (Å²) in [4.78, 5) is 41.2. The van der Waals surface area contributed by atoms with Crippen molar-refractivity contribution in [3.05, 3.63) is 69.1 Å². The maximum Gasteiger partial charge on any atom is 0.425 e. The number of carbonyl (C=O) groups excluding carboxylic acids is 3. The number of aryl methyl sites for hydroxylation is 1. The molecule has 0 spiro atoms. The van der Waals surface area contributed by atoms with Gasteiger partial charge in [-0.05, 0) is 36.8 Å². The van der Waals surface area contributed by atoms with E-state index in [1.165, 1.54) is 24.4 Å². The molecule has 0 bridgehead atoms. The molecule has 0 radical (unpaired) electrons. The Morgan fingerprint density at radius 2 is 1.91 bits per heavy atom. The molecule has 3 aromatic rings. The summed E-state index contributed by atoms with van der Waals surface area (Å²) in [6.07, 6.45) is 0.560. The molecule has 2 aromatic heterocycles. The number of amides is 3. The molecule has 0 aliphatic carbocycles. The van der Waals surface area contributed by atoms with Gasteiger partial charge in [0.15, 0.2) is 11.5 Å². The van der Waals surface area contributed by atoms with E-state index in [-0.39, 0.29) is 38.5 Å². The number of methoxy groups -OCH3 is 1. The summed E-state index contributed by atoms with van der Waals surface area (Å²) < 4.78 is 5.53. The van der Waals surface area contributed by atoms with Crippen molar-refractivity contribution in [3.8, 4) is 11.9 Å². The Morgan fingerprint density at radius 1 is 1.15 bits per heavy atom. The maximum atomic E-state index is 13.2. The smallest absolute Gasteiger partial charge is 0.425 e. The van der Waals surface area contributed by atoms with Crippen LogP contribution in [-0.2, 0) is 4.74 Å². The first-order valence-electron chi connectivity index (χ1n) is 9.12. The highest BCUT2D eigenvalue weighted by Gasteiger charge is 2.23. The van der Waals surface area contributed by atoms with Crippen molar-refractivity contribution in [3.63, 3.8) is 0 Å². The second-order valence-corrected chi connectivity index (χ2v) is 7.26. The first-order chi connectivity index (χ1) is 15.7. The third-order valence-electron chi connectivity index (χ3n) is 4.24. The van der Waals surface area contributed by atoms with Gasteiger partial charge in [-0.1, -0.05) is 23.2 Å². The van der Waals surface area contributed by atoms with Gasteiger partial charge in [0.2, 0.25) is 0 Å². The van der Waals surface area contributed by atoms with Crippen LogP contribution in [0, 0.1) is 18.3 Å². The topological polar surface area (TPSA) is 151 Å². The SMILES string of the molecule is COC(=O)NNC(=O)c1cc(Cl)cc(C)c1NC(=O)c1cc(C#N)nn1-c1ncccc1Cl. The summed E-state index contributed by atoms with van der Waals surface area (Å²) in [7, 11) is 1.13. The number of aromatic nitrogens is 3. The summed E-state index contributed by atoms with van der Waals surface area (Å²) in [6.45, 7) is 1.62. The van der Waals surface area contributed by atoms with E-state index in [0.29, 0.717) is 5.56 Å². The lowest BCUT2D eigenvalue weighted by atomic mass is 10.1. The number of halogens is 2. The standard InChI is InChI=1S/C20H15Cl2N7O4/c1-10-6-11(21)7-13(18(30)26-27-20(32)33-2)16(10)25-19(31)15-8-12(9-23)28-29(15)17-14(22)4-3-5-24-17/h3-8H,1-2H3,(H,25,31)(H,26,30)(H,27,32). The molecule has 3 rings (SSSR count). The number of nitrogens with zero attached hydrogens (tertiary/aromatic N) is 4. The van der Waals surface area contributed by atoms with Gasteiger partial charge in [0, 0.05) is 17.3 Å². The number of hydrogen-bond acceptors (Lipinski definition) is 7. The minimum Gasteiger partial charge on any atom is -0.452 e. The molecule has 2 heterocycles. The molecule has 168 valence electrons. The number of hydrazine groups is 1. The summed E-state index contributed by atoms with van der Waals surface area (Å²) in [5.74, 6) is -1.33. The average Bonchev–Trinajstić information content (AvgIpc) is 3.23. The summed E-state index contributed by atoms with van der Waals surface area (Å²) in [5, 5.41) is 16.4. The first kappa shape index (κ1) is 23.5. The van der Waals surface area contributed by atoms with E-state index in [0.717, 1.165) is 11.8 Å². The number of carbonyl (C=O) groups is 3. The second kappa shape index (κ2) is 9.99. The number of nitriles is 1. The van der Waals surface area contributed by atoms with E-state index in [1.807, 2.05) is 11.5 Å². The van der Waals surface area contributed by atoms with Crippen LogP contribution >= 0.6 is 23.2 Å². The number of pyridine rings is 1. The zero-order chi connectivity index (χ0) is 24.1. The lowest BCUT2D eigenvalue weighted by Gasteiger charge is -2.15. The van der Waals surface area contributed by atoms with Crippen LogP contribution in [0.3, 0.4) is 0 Å². The zero-order valence-corrected chi connectivity index (χ0v) is 18.7. The van der Waals surface area contributed by atoms with E-state index >= 15 is 0 Å². The monoisotopic (exact) mass is 487 g/mol. The van der Waals surface area contributed by atoms with Gasteiger partial charge in [0.05, 0.1) is 23.4 Å². The predicted molar refractivity (Wildman–Crippen MR) is 118 cm³/mol. The Balaban J connectivity index is 2.00. The average molecular weight is 488 g/mol. The van der Waals surface area contributed by atoms with Crippen molar-refractivity contribution >= 4 is 46.8 Å². The number of rotatable bonds is 4. The van der Waals surface area contributed by atoms with Crippen LogP contribution in [0.4, 0.5) is 10.5 Å². The molecule has 0 aliphatic rings. The van der Waals surface area contributed by atoms with Crippen molar-refractivity contribution in [1.82, 2.24) is 25.6 Å². The number of anilines is 1. The van der Waals surface area contributed by atoms with Gasteiger partial charge in [-0.15, -0.1) is 0 Å². The molecule has 3 amide bonds. The van der Waals surface area contributed by atoms with Crippen LogP contribution < -0.4 is 16.2 Å². The van der Waals surface area contributed by atoms with Crippen LogP contribution in [0.5, 0.6) is 0 Å². The zero-order valence-electron chi connectivity index (χ0n) is 17.1. The van der Waals surface area contributed by atoms with Gasteiger partial charge in [-0.25, -0.2) is 19.9 Å². The van der Waals surface area contributed by atoms with Gasteiger partial charge < -0.3 is 10.1 Å². The summed E-state index contributed by atoms with van der Waals surface area (Å²) in [6, 6.07) is 9.12. The quantitative estimate of drug-likeness (QED) is 0.478. The molecule has 13 heteroatoms. The van der Waals surface area contributed by atoms with Gasteiger partial charge in [-0.2, -0.15) is 10.4 Å². The Hall–Kier alpha value is -4.14. The van der Waals surface area contributed by atoms with Crippen LogP contribution in [0.2, 0.25) is 10.0 Å². The largest absolute Gasteiger partial charge is 0.452 e. The first-order valence-corrected chi connectivity index (χ1v) is 9.87. The fraction of sp³-hybridized carbons (Fsp3) is 0.100. The lowest BCUT2D eigenvalue weighted by Crippen LogP contribution is -2.41. The minimum absolute atomic E-state index is 0.0350. The Labute approximate surface area is 197 Å². The Kier molecular flexibility index (Phi) is 7.12. The second-order valence-electron chi connectivity index (χ2n) is 6.42. The van der Waals surface area contributed by atoms with Gasteiger partial charge >= 0.3 is 6.09 Å². The molecule has 0 saturated heterocycles. The van der Waals surface area contributed by atoms with Gasteiger partial charge in [0.1, 0.15) is 11.8 Å². The van der Waals surface area contributed by atoms with Gasteiger partial charge in [-0.3, -0.25) is 15.0 Å². The Bertz CT molecular complexity index is 1300. The van der Waals surface area contributed by atoms with E-state index in [9.17, 15) is 19.6 Å². The van der Waals surface area contributed by atoms with Crippen molar-refractivity contribution in [2.24, 2.45) is 0 Å². The summed E-state index contributed by atoms with van der Waals surface area (Å²) >= 11 is 12.3. The molecule has 33 heavy (non-hydrogen) atoms. The predicted octanol–water partition coefficient (Wildman–Crippen LogP) is 3.01. The summed E-state index contributed by atoms with van der Waals surface area (Å²) in [5.41, 5.74) is 4.63. The molecular formula is C20H15Cl2N7O4. The number of nitrogens with one attached hydrogen (secondary N) is 3. The highest BCUT2D eigenvalue weighted by molar-refractivity contribution is 6.32. The molecule has 11 nitrogen and oxygen atoms in total. The fourth-order valence-electron chi connectivity index (χ4n) is 2.78. The minimum atomic E-state index is -0.895. The highest BCUT2D eigenvalue weighted by Crippen LogP contribution is 2.27. The van der Waals surface area contributed by atoms with Crippen LogP contribution in [0.1, 0.15) is 32.1 Å². The molecule has 0 aliphatic heterocycles. The van der Waals surface area contributed by atoms with Crippen LogP contribution in [0.25, 0.3) is 5.82 Å². The molecule has 0 fully saturated rings. The number of benzene rings is 1. The van der Waals surface area contributed by atoms with E-state index in [4.69, 9.17) is 23.2 Å². The van der Waals surface area contributed by atoms with Crippen LogP contribution in [-0.4, -0.2) is 39.8 Å². The fourth-order valence-corrected chi connectivity index (χ4v) is 3.26. The molecule has 0 saturated carbocycles. The molecule has 3 N–H and O–H groups in total. The highest BCUT2D eigenvalue weighted by atomic mass is 35.5. The van der Waals surface area contributed by atoms with Crippen molar-refractivity contribution in [2.45, 2.75) is 6.92 Å².